The molecule has 1 heterocycles. The second kappa shape index (κ2) is 5.96. The minimum Gasteiger partial charge on any atom is -0.347 e. The van der Waals surface area contributed by atoms with Gasteiger partial charge in [-0.2, -0.15) is 0 Å². The number of halogens is 1. The monoisotopic (exact) mass is 331 g/mol. The maximum atomic E-state index is 13.3. The van der Waals surface area contributed by atoms with E-state index in [0.717, 1.165) is 24.0 Å². The summed E-state index contributed by atoms with van der Waals surface area (Å²) in [5, 5.41) is 14.8. The highest BCUT2D eigenvalue weighted by molar-refractivity contribution is 5.80. The fraction of sp³-hybridized carbons (Fsp3) is 0.529. The van der Waals surface area contributed by atoms with Crippen LogP contribution in [-0.4, -0.2) is 26.1 Å². The van der Waals surface area contributed by atoms with E-state index in [2.05, 4.69) is 20.8 Å². The number of rotatable bonds is 3. The molecule has 7 heteroatoms. The summed E-state index contributed by atoms with van der Waals surface area (Å²) in [5.74, 6) is 0.284. The number of benzene rings is 1. The Morgan fingerprint density at radius 3 is 2.88 bits per heavy atom. The van der Waals surface area contributed by atoms with Gasteiger partial charge < -0.3 is 5.32 Å². The maximum Gasteiger partial charge on any atom is 0.245 e. The lowest BCUT2D eigenvalue weighted by molar-refractivity contribution is -0.125. The van der Waals surface area contributed by atoms with Gasteiger partial charge in [0.2, 0.25) is 5.91 Å². The standard InChI is InChI=1S/C17H22FN5O/c1-10(23-16(17(2,3)4)20-21-22-23)15(24)19-14-8-5-11-9-12(18)6-7-13(11)14/h6-7,9-10,14H,5,8H2,1-4H3,(H,19,24). The molecule has 0 spiro atoms. The van der Waals surface area contributed by atoms with E-state index < -0.39 is 6.04 Å². The van der Waals surface area contributed by atoms with Crippen molar-refractivity contribution in [1.29, 1.82) is 0 Å². The number of carbonyl (C=O) groups is 1. The SMILES string of the molecule is CC(C(=O)NC1CCc2cc(F)ccc21)n1nnnc1C(C)(C)C. The molecule has 6 nitrogen and oxygen atoms in total. The number of aromatic nitrogens is 4. The lowest BCUT2D eigenvalue weighted by Gasteiger charge is -2.22. The van der Waals surface area contributed by atoms with Crippen LogP contribution in [0.15, 0.2) is 18.2 Å². The average Bonchev–Trinajstić information content (AvgIpc) is 3.13. The molecule has 1 amide bonds. The molecule has 0 saturated heterocycles. The Morgan fingerprint density at radius 2 is 2.17 bits per heavy atom. The summed E-state index contributed by atoms with van der Waals surface area (Å²) in [5.41, 5.74) is 1.70. The Morgan fingerprint density at radius 1 is 1.42 bits per heavy atom. The van der Waals surface area contributed by atoms with Crippen LogP contribution in [0.25, 0.3) is 0 Å². The molecule has 2 aromatic rings. The molecule has 1 aromatic heterocycles. The normalized spacial score (nSPS) is 18.3. The van der Waals surface area contributed by atoms with E-state index >= 15 is 0 Å². The van der Waals surface area contributed by atoms with Gasteiger partial charge in [-0.1, -0.05) is 26.8 Å². The van der Waals surface area contributed by atoms with Crippen LogP contribution in [0.1, 0.15) is 63.2 Å². The zero-order chi connectivity index (χ0) is 17.5. The van der Waals surface area contributed by atoms with Gasteiger partial charge in [0.1, 0.15) is 11.9 Å². The molecule has 0 radical (unpaired) electrons. The van der Waals surface area contributed by atoms with Gasteiger partial charge in [0, 0.05) is 5.41 Å². The lowest BCUT2D eigenvalue weighted by atomic mass is 9.95. The summed E-state index contributed by atoms with van der Waals surface area (Å²) in [4.78, 5) is 12.7. The van der Waals surface area contributed by atoms with E-state index in [1.807, 2.05) is 20.8 Å². The number of tetrazole rings is 1. The Hall–Kier alpha value is -2.31. The Kier molecular flexibility index (Phi) is 4.11. The smallest absolute Gasteiger partial charge is 0.245 e. The van der Waals surface area contributed by atoms with Crippen molar-refractivity contribution in [2.45, 2.75) is 58.0 Å². The first kappa shape index (κ1) is 16.5. The van der Waals surface area contributed by atoms with Crippen molar-refractivity contribution in [1.82, 2.24) is 25.5 Å². The number of fused-ring (bicyclic) bond motifs is 1. The molecule has 0 fully saturated rings. The number of aryl methyl sites for hydroxylation is 1. The van der Waals surface area contributed by atoms with Gasteiger partial charge in [-0.15, -0.1) is 5.10 Å². The summed E-state index contributed by atoms with van der Waals surface area (Å²) in [6, 6.07) is 4.13. The van der Waals surface area contributed by atoms with Gasteiger partial charge >= 0.3 is 0 Å². The van der Waals surface area contributed by atoms with Crippen molar-refractivity contribution < 1.29 is 9.18 Å². The third kappa shape index (κ3) is 3.02. The van der Waals surface area contributed by atoms with Crippen molar-refractivity contribution in [2.24, 2.45) is 0 Å². The zero-order valence-electron chi connectivity index (χ0n) is 14.4. The number of hydrogen-bond donors (Lipinski definition) is 1. The molecule has 0 bridgehead atoms. The summed E-state index contributed by atoms with van der Waals surface area (Å²) in [7, 11) is 0. The first-order chi connectivity index (χ1) is 11.3. The largest absolute Gasteiger partial charge is 0.347 e. The minimum atomic E-state index is -0.515. The van der Waals surface area contributed by atoms with Gasteiger partial charge in [-0.3, -0.25) is 4.79 Å². The average molecular weight is 331 g/mol. The van der Waals surface area contributed by atoms with Crippen molar-refractivity contribution in [3.8, 4) is 0 Å². The summed E-state index contributed by atoms with van der Waals surface area (Å²) in [6.07, 6.45) is 1.55. The van der Waals surface area contributed by atoms with E-state index in [-0.39, 0.29) is 23.2 Å². The fourth-order valence-electron chi connectivity index (χ4n) is 3.09. The third-order valence-corrected chi connectivity index (χ3v) is 4.41. The molecular formula is C17H22FN5O. The van der Waals surface area contributed by atoms with Crippen molar-refractivity contribution >= 4 is 5.91 Å². The summed E-state index contributed by atoms with van der Waals surface area (Å²) in [6.45, 7) is 7.78. The zero-order valence-corrected chi connectivity index (χ0v) is 14.4. The van der Waals surface area contributed by atoms with Crippen LogP contribution in [-0.2, 0) is 16.6 Å². The van der Waals surface area contributed by atoms with Gasteiger partial charge in [0.15, 0.2) is 5.82 Å². The van der Waals surface area contributed by atoms with E-state index in [9.17, 15) is 9.18 Å². The van der Waals surface area contributed by atoms with Gasteiger partial charge in [0.25, 0.3) is 0 Å². The molecule has 3 rings (SSSR count). The van der Waals surface area contributed by atoms with Gasteiger partial charge in [-0.25, -0.2) is 9.07 Å². The number of carbonyl (C=O) groups excluding carboxylic acids is 1. The van der Waals surface area contributed by atoms with Crippen LogP contribution in [0.4, 0.5) is 4.39 Å². The molecular weight excluding hydrogens is 309 g/mol. The molecule has 24 heavy (non-hydrogen) atoms. The molecule has 1 aromatic carbocycles. The predicted octanol–water partition coefficient (Wildman–Crippen LogP) is 2.47. The molecule has 1 N–H and O–H groups in total. The Labute approximate surface area is 140 Å². The van der Waals surface area contributed by atoms with Crippen LogP contribution in [0.3, 0.4) is 0 Å². The van der Waals surface area contributed by atoms with Gasteiger partial charge in [0.05, 0.1) is 6.04 Å². The molecule has 2 unspecified atom stereocenters. The topological polar surface area (TPSA) is 72.7 Å². The molecule has 128 valence electrons. The van der Waals surface area contributed by atoms with E-state index in [1.54, 1.807) is 23.7 Å². The first-order valence-corrected chi connectivity index (χ1v) is 8.14. The highest BCUT2D eigenvalue weighted by atomic mass is 19.1. The number of hydrogen-bond acceptors (Lipinski definition) is 4. The van der Waals surface area contributed by atoms with Crippen LogP contribution in [0.5, 0.6) is 0 Å². The van der Waals surface area contributed by atoms with Crippen LogP contribution in [0.2, 0.25) is 0 Å². The van der Waals surface area contributed by atoms with E-state index in [1.165, 1.54) is 6.07 Å². The fourth-order valence-corrected chi connectivity index (χ4v) is 3.09. The van der Waals surface area contributed by atoms with Crippen LogP contribution in [0, 0.1) is 5.82 Å². The highest BCUT2D eigenvalue weighted by Crippen LogP contribution is 2.32. The molecule has 1 aliphatic rings. The Bertz CT molecular complexity index is 765. The molecule has 0 saturated carbocycles. The van der Waals surface area contributed by atoms with Crippen molar-refractivity contribution in [2.75, 3.05) is 0 Å². The third-order valence-electron chi connectivity index (χ3n) is 4.41. The molecule has 1 aliphatic carbocycles. The second-order valence-electron chi connectivity index (χ2n) is 7.32. The second-order valence-corrected chi connectivity index (χ2v) is 7.32. The summed E-state index contributed by atoms with van der Waals surface area (Å²) >= 11 is 0. The molecule has 2 atom stereocenters. The lowest BCUT2D eigenvalue weighted by Crippen LogP contribution is -2.35. The van der Waals surface area contributed by atoms with Gasteiger partial charge in [-0.05, 0) is 53.5 Å². The quantitative estimate of drug-likeness (QED) is 0.938. The van der Waals surface area contributed by atoms with Crippen molar-refractivity contribution in [3.05, 3.63) is 41.0 Å². The predicted molar refractivity (Wildman–Crippen MR) is 86.8 cm³/mol. The van der Waals surface area contributed by atoms with Crippen molar-refractivity contribution in [3.63, 3.8) is 0 Å². The van der Waals surface area contributed by atoms with E-state index in [0.29, 0.717) is 5.82 Å². The first-order valence-electron chi connectivity index (χ1n) is 8.14. The molecule has 0 aliphatic heterocycles. The number of nitrogens with zero attached hydrogens (tertiary/aromatic N) is 4. The summed E-state index contributed by atoms with van der Waals surface area (Å²) < 4.78 is 14.9. The Balaban J connectivity index is 1.76. The maximum absolute atomic E-state index is 13.3. The number of amides is 1. The minimum absolute atomic E-state index is 0.0925. The van der Waals surface area contributed by atoms with Crippen LogP contribution >= 0.6 is 0 Å². The van der Waals surface area contributed by atoms with Crippen LogP contribution < -0.4 is 5.32 Å². The van der Waals surface area contributed by atoms with E-state index in [4.69, 9.17) is 0 Å². The number of nitrogens with one attached hydrogen (secondary N) is 1. The highest BCUT2D eigenvalue weighted by Gasteiger charge is 2.30.